The molecule has 1 aliphatic rings. The number of fused-ring (bicyclic) bond motifs is 1. The smallest absolute Gasteiger partial charge is 0.251 e. The lowest BCUT2D eigenvalue weighted by atomic mass is 9.91. The van der Waals surface area contributed by atoms with E-state index in [-0.39, 0.29) is 5.91 Å². The van der Waals surface area contributed by atoms with Gasteiger partial charge in [-0.15, -0.1) is 0 Å². The number of aliphatic hydroxyl groups excluding tert-OH is 1. The fraction of sp³-hybridized carbons (Fsp3) is 0.278. The molecule has 0 bridgehead atoms. The SMILES string of the molecule is Cc1cccc(C(O)c2ccc3c(c2)C(=O)NCC3)c1C. The van der Waals surface area contributed by atoms with E-state index in [1.54, 1.807) is 0 Å². The van der Waals surface area contributed by atoms with Crippen molar-refractivity contribution in [1.29, 1.82) is 0 Å². The van der Waals surface area contributed by atoms with Gasteiger partial charge < -0.3 is 10.4 Å². The van der Waals surface area contributed by atoms with Crippen LogP contribution in [0, 0.1) is 13.8 Å². The van der Waals surface area contributed by atoms with Crippen LogP contribution in [0.3, 0.4) is 0 Å². The van der Waals surface area contributed by atoms with Gasteiger partial charge in [0.25, 0.3) is 5.91 Å². The van der Waals surface area contributed by atoms with Gasteiger partial charge in [0.15, 0.2) is 0 Å². The van der Waals surface area contributed by atoms with Gasteiger partial charge in [-0.05, 0) is 54.2 Å². The van der Waals surface area contributed by atoms with E-state index in [0.717, 1.165) is 34.2 Å². The molecule has 3 heteroatoms. The van der Waals surface area contributed by atoms with E-state index in [1.807, 2.05) is 50.2 Å². The fourth-order valence-electron chi connectivity index (χ4n) is 2.85. The van der Waals surface area contributed by atoms with E-state index in [4.69, 9.17) is 0 Å². The van der Waals surface area contributed by atoms with Crippen LogP contribution in [0.25, 0.3) is 0 Å². The maximum absolute atomic E-state index is 11.9. The lowest BCUT2D eigenvalue weighted by Crippen LogP contribution is -2.31. The van der Waals surface area contributed by atoms with E-state index in [9.17, 15) is 9.90 Å². The fourth-order valence-corrected chi connectivity index (χ4v) is 2.85. The quantitative estimate of drug-likeness (QED) is 0.889. The minimum Gasteiger partial charge on any atom is -0.384 e. The van der Waals surface area contributed by atoms with Crippen molar-refractivity contribution in [2.45, 2.75) is 26.4 Å². The van der Waals surface area contributed by atoms with Crippen LogP contribution in [0.15, 0.2) is 36.4 Å². The van der Waals surface area contributed by atoms with Crippen molar-refractivity contribution < 1.29 is 9.90 Å². The second-order valence-corrected chi connectivity index (χ2v) is 5.61. The number of hydrogen-bond acceptors (Lipinski definition) is 2. The number of amides is 1. The molecule has 3 rings (SSSR count). The van der Waals surface area contributed by atoms with Crippen molar-refractivity contribution >= 4 is 5.91 Å². The molecule has 2 aromatic carbocycles. The Morgan fingerprint density at radius 1 is 1.19 bits per heavy atom. The first-order chi connectivity index (χ1) is 10.1. The Kier molecular flexibility index (Phi) is 3.52. The molecule has 1 amide bonds. The summed E-state index contributed by atoms with van der Waals surface area (Å²) in [6, 6.07) is 11.6. The maximum Gasteiger partial charge on any atom is 0.251 e. The van der Waals surface area contributed by atoms with Crippen molar-refractivity contribution in [3.05, 3.63) is 69.8 Å². The minimum atomic E-state index is -0.704. The van der Waals surface area contributed by atoms with E-state index in [2.05, 4.69) is 5.32 Å². The van der Waals surface area contributed by atoms with Gasteiger partial charge in [0.05, 0.1) is 0 Å². The second-order valence-electron chi connectivity index (χ2n) is 5.61. The average Bonchev–Trinajstić information content (AvgIpc) is 2.49. The van der Waals surface area contributed by atoms with Crippen LogP contribution in [-0.2, 0) is 6.42 Å². The molecule has 1 atom stereocenters. The highest BCUT2D eigenvalue weighted by atomic mass is 16.3. The summed E-state index contributed by atoms with van der Waals surface area (Å²) in [7, 11) is 0. The first-order valence-corrected chi connectivity index (χ1v) is 7.23. The number of carbonyl (C=O) groups is 1. The normalized spacial score (nSPS) is 15.3. The van der Waals surface area contributed by atoms with Gasteiger partial charge in [0, 0.05) is 12.1 Å². The maximum atomic E-state index is 11.9. The zero-order valence-corrected chi connectivity index (χ0v) is 12.3. The molecule has 1 aliphatic heterocycles. The lowest BCUT2D eigenvalue weighted by molar-refractivity contribution is 0.0945. The third-order valence-electron chi connectivity index (χ3n) is 4.32. The molecule has 0 fully saturated rings. The van der Waals surface area contributed by atoms with Gasteiger partial charge >= 0.3 is 0 Å². The molecule has 2 N–H and O–H groups in total. The molecule has 1 unspecified atom stereocenters. The van der Waals surface area contributed by atoms with Crippen LogP contribution in [0.4, 0.5) is 0 Å². The predicted molar refractivity (Wildman–Crippen MR) is 82.5 cm³/mol. The van der Waals surface area contributed by atoms with E-state index < -0.39 is 6.10 Å². The molecular weight excluding hydrogens is 262 g/mol. The summed E-state index contributed by atoms with van der Waals surface area (Å²) < 4.78 is 0. The van der Waals surface area contributed by atoms with Gasteiger partial charge in [0.1, 0.15) is 6.10 Å². The molecule has 3 nitrogen and oxygen atoms in total. The average molecular weight is 281 g/mol. The Morgan fingerprint density at radius 2 is 2.00 bits per heavy atom. The lowest BCUT2D eigenvalue weighted by Gasteiger charge is -2.20. The monoisotopic (exact) mass is 281 g/mol. The molecule has 21 heavy (non-hydrogen) atoms. The Hall–Kier alpha value is -2.13. The molecule has 1 heterocycles. The predicted octanol–water partition coefficient (Wildman–Crippen LogP) is 2.67. The van der Waals surface area contributed by atoms with E-state index in [1.165, 1.54) is 0 Å². The van der Waals surface area contributed by atoms with Crippen LogP contribution >= 0.6 is 0 Å². The summed E-state index contributed by atoms with van der Waals surface area (Å²) >= 11 is 0. The van der Waals surface area contributed by atoms with Gasteiger partial charge in [-0.3, -0.25) is 4.79 Å². The number of aryl methyl sites for hydroxylation is 1. The van der Waals surface area contributed by atoms with Crippen LogP contribution < -0.4 is 5.32 Å². The topological polar surface area (TPSA) is 49.3 Å². The zero-order chi connectivity index (χ0) is 15.0. The minimum absolute atomic E-state index is 0.0498. The molecule has 0 saturated heterocycles. The highest BCUT2D eigenvalue weighted by Crippen LogP contribution is 2.28. The number of nitrogens with one attached hydrogen (secondary N) is 1. The summed E-state index contributed by atoms with van der Waals surface area (Å²) in [5.41, 5.74) is 5.64. The Bertz CT molecular complexity index is 706. The summed E-state index contributed by atoms with van der Waals surface area (Å²) in [4.78, 5) is 11.9. The summed E-state index contributed by atoms with van der Waals surface area (Å²) in [6.07, 6.45) is 0.144. The molecule has 0 aliphatic carbocycles. The Morgan fingerprint density at radius 3 is 2.81 bits per heavy atom. The first kappa shape index (κ1) is 13.8. The Balaban J connectivity index is 2.02. The number of benzene rings is 2. The summed E-state index contributed by atoms with van der Waals surface area (Å²) in [6.45, 7) is 4.73. The van der Waals surface area contributed by atoms with Gasteiger partial charge in [-0.25, -0.2) is 0 Å². The summed E-state index contributed by atoms with van der Waals surface area (Å²) in [5.74, 6) is -0.0498. The van der Waals surface area contributed by atoms with Crippen molar-refractivity contribution in [3.63, 3.8) is 0 Å². The van der Waals surface area contributed by atoms with Crippen LogP contribution in [-0.4, -0.2) is 17.6 Å². The van der Waals surface area contributed by atoms with Gasteiger partial charge in [-0.2, -0.15) is 0 Å². The van der Waals surface area contributed by atoms with Crippen molar-refractivity contribution in [3.8, 4) is 0 Å². The highest BCUT2D eigenvalue weighted by Gasteiger charge is 2.20. The number of carbonyl (C=O) groups excluding carboxylic acids is 1. The summed E-state index contributed by atoms with van der Waals surface area (Å²) in [5, 5.41) is 13.5. The van der Waals surface area contributed by atoms with Gasteiger partial charge in [0.2, 0.25) is 0 Å². The van der Waals surface area contributed by atoms with Crippen LogP contribution in [0.5, 0.6) is 0 Å². The largest absolute Gasteiger partial charge is 0.384 e. The van der Waals surface area contributed by atoms with Gasteiger partial charge in [-0.1, -0.05) is 30.3 Å². The molecule has 0 saturated carbocycles. The second kappa shape index (κ2) is 5.34. The molecule has 2 aromatic rings. The Labute approximate surface area is 124 Å². The zero-order valence-electron chi connectivity index (χ0n) is 12.3. The third kappa shape index (κ3) is 2.45. The molecule has 0 aromatic heterocycles. The highest BCUT2D eigenvalue weighted by molar-refractivity contribution is 5.96. The molecular formula is C18H19NO2. The molecule has 0 spiro atoms. The number of aliphatic hydroxyl groups is 1. The third-order valence-corrected chi connectivity index (χ3v) is 4.32. The van der Waals surface area contributed by atoms with E-state index in [0.29, 0.717) is 12.1 Å². The number of rotatable bonds is 2. The standard InChI is InChI=1S/C18H19NO2/c1-11-4-3-5-15(12(11)2)17(20)14-7-6-13-8-9-19-18(21)16(13)10-14/h3-7,10,17,20H,8-9H2,1-2H3,(H,19,21). The molecule has 108 valence electrons. The van der Waals surface area contributed by atoms with Crippen LogP contribution in [0.2, 0.25) is 0 Å². The van der Waals surface area contributed by atoms with Crippen molar-refractivity contribution in [2.24, 2.45) is 0 Å². The van der Waals surface area contributed by atoms with Crippen molar-refractivity contribution in [1.82, 2.24) is 5.32 Å². The van der Waals surface area contributed by atoms with Crippen LogP contribution in [0.1, 0.15) is 44.3 Å². The van der Waals surface area contributed by atoms with Crippen molar-refractivity contribution in [2.75, 3.05) is 6.54 Å². The van der Waals surface area contributed by atoms with E-state index >= 15 is 0 Å². The molecule has 0 radical (unpaired) electrons. The number of hydrogen-bond donors (Lipinski definition) is 2. The first-order valence-electron chi connectivity index (χ1n) is 7.23.